The van der Waals surface area contributed by atoms with Crippen LogP contribution in [0.15, 0.2) is 48.5 Å². The smallest absolute Gasteiger partial charge is 0.253 e. The maximum Gasteiger partial charge on any atom is 0.253 e. The Labute approximate surface area is 157 Å². The molecule has 0 spiro atoms. The third kappa shape index (κ3) is 6.36. The third-order valence-corrected chi connectivity index (χ3v) is 4.03. The summed E-state index contributed by atoms with van der Waals surface area (Å²) in [6.07, 6.45) is 0.963. The Hall–Kier alpha value is -2.62. The molecule has 0 radical (unpaired) electrons. The molecule has 0 aliphatic heterocycles. The highest BCUT2D eigenvalue weighted by Crippen LogP contribution is 2.16. The summed E-state index contributed by atoms with van der Waals surface area (Å²) in [5, 5.41) is 2.59. The van der Waals surface area contributed by atoms with Crippen LogP contribution in [0, 0.1) is 0 Å². The van der Waals surface area contributed by atoms with Gasteiger partial charge in [0, 0.05) is 32.3 Å². The molecular weight excluding hydrogens is 324 g/mol. The lowest BCUT2D eigenvalue weighted by atomic mass is 10.0. The van der Waals surface area contributed by atoms with E-state index in [0.29, 0.717) is 5.92 Å². The molecule has 0 fully saturated rings. The summed E-state index contributed by atoms with van der Waals surface area (Å²) in [7, 11) is 5.18. The van der Waals surface area contributed by atoms with Gasteiger partial charge in [-0.3, -0.25) is 9.59 Å². The van der Waals surface area contributed by atoms with E-state index >= 15 is 0 Å². The van der Waals surface area contributed by atoms with E-state index in [0.717, 1.165) is 17.5 Å². The van der Waals surface area contributed by atoms with Crippen molar-refractivity contribution >= 4 is 11.8 Å². The summed E-state index contributed by atoms with van der Waals surface area (Å²) in [5.41, 5.74) is 3.90. The van der Waals surface area contributed by atoms with Crippen LogP contribution in [0.4, 0.5) is 0 Å². The topological polar surface area (TPSA) is 49.4 Å². The SMILES string of the molecule is CC(C)c1cccc(C(=O)N(C)C)c1.CCc1cccc(C(=O)NC)c1. The zero-order valence-electron chi connectivity index (χ0n) is 16.7. The Morgan fingerprint density at radius 3 is 2.15 bits per heavy atom. The standard InChI is InChI=1S/C12H17NO.C10H13NO/c1-9(2)10-6-5-7-11(8-10)12(14)13(3)4;1-3-8-5-4-6-9(7-8)10(12)11-2/h5-9H,1-4H3;4-7H,3H2,1-2H3,(H,11,12). The van der Waals surface area contributed by atoms with Crippen LogP contribution in [0.1, 0.15) is 58.5 Å². The molecule has 26 heavy (non-hydrogen) atoms. The summed E-state index contributed by atoms with van der Waals surface area (Å²) in [6, 6.07) is 15.5. The molecule has 0 unspecified atom stereocenters. The molecule has 0 saturated heterocycles. The molecule has 4 heteroatoms. The Bertz CT molecular complexity index is 736. The number of nitrogens with zero attached hydrogens (tertiary/aromatic N) is 1. The van der Waals surface area contributed by atoms with Gasteiger partial charge in [0.25, 0.3) is 11.8 Å². The van der Waals surface area contributed by atoms with Crippen LogP contribution in [-0.4, -0.2) is 37.9 Å². The Morgan fingerprint density at radius 2 is 1.62 bits per heavy atom. The quantitative estimate of drug-likeness (QED) is 0.898. The third-order valence-electron chi connectivity index (χ3n) is 4.03. The second-order valence-electron chi connectivity index (χ2n) is 6.61. The van der Waals surface area contributed by atoms with Crippen molar-refractivity contribution in [1.82, 2.24) is 10.2 Å². The second kappa shape index (κ2) is 10.4. The molecule has 2 aromatic rings. The minimum absolute atomic E-state index is 0.0229. The highest BCUT2D eigenvalue weighted by atomic mass is 16.2. The Kier molecular flexibility index (Phi) is 8.56. The van der Waals surface area contributed by atoms with Crippen molar-refractivity contribution in [3.05, 3.63) is 70.8 Å². The molecule has 0 aromatic heterocycles. The minimum Gasteiger partial charge on any atom is -0.355 e. The lowest BCUT2D eigenvalue weighted by Crippen LogP contribution is -2.21. The first-order chi connectivity index (χ1) is 12.3. The number of benzene rings is 2. The number of aryl methyl sites for hydroxylation is 1. The summed E-state index contributed by atoms with van der Waals surface area (Å²) >= 11 is 0. The Morgan fingerprint density at radius 1 is 1.00 bits per heavy atom. The predicted molar refractivity (Wildman–Crippen MR) is 108 cm³/mol. The molecule has 0 bridgehead atoms. The van der Waals surface area contributed by atoms with E-state index in [1.54, 1.807) is 26.0 Å². The van der Waals surface area contributed by atoms with Crippen molar-refractivity contribution in [3.63, 3.8) is 0 Å². The maximum absolute atomic E-state index is 11.6. The van der Waals surface area contributed by atoms with Crippen LogP contribution in [0.25, 0.3) is 0 Å². The van der Waals surface area contributed by atoms with Gasteiger partial charge in [-0.2, -0.15) is 0 Å². The molecule has 0 aliphatic carbocycles. The van der Waals surface area contributed by atoms with Gasteiger partial charge < -0.3 is 10.2 Å². The largest absolute Gasteiger partial charge is 0.355 e. The fraction of sp³-hybridized carbons (Fsp3) is 0.364. The zero-order valence-corrected chi connectivity index (χ0v) is 16.7. The first kappa shape index (κ1) is 21.4. The second-order valence-corrected chi connectivity index (χ2v) is 6.61. The average Bonchev–Trinajstić information content (AvgIpc) is 2.67. The van der Waals surface area contributed by atoms with Gasteiger partial charge in [-0.15, -0.1) is 0 Å². The molecule has 2 rings (SSSR count). The Balaban J connectivity index is 0.000000263. The van der Waals surface area contributed by atoms with E-state index in [1.165, 1.54) is 11.1 Å². The van der Waals surface area contributed by atoms with Crippen molar-refractivity contribution in [2.75, 3.05) is 21.1 Å². The number of nitrogens with one attached hydrogen (secondary N) is 1. The molecule has 140 valence electrons. The lowest BCUT2D eigenvalue weighted by molar-refractivity contribution is 0.0827. The van der Waals surface area contributed by atoms with Gasteiger partial charge in [0.2, 0.25) is 0 Å². The van der Waals surface area contributed by atoms with Crippen molar-refractivity contribution in [2.45, 2.75) is 33.1 Å². The van der Waals surface area contributed by atoms with Crippen LogP contribution < -0.4 is 5.32 Å². The zero-order chi connectivity index (χ0) is 19.7. The molecule has 0 aliphatic rings. The predicted octanol–water partition coefficient (Wildman–Crippen LogP) is 4.12. The lowest BCUT2D eigenvalue weighted by Gasteiger charge is -2.12. The number of carbonyl (C=O) groups is 2. The molecule has 2 aromatic carbocycles. The van der Waals surface area contributed by atoms with Gasteiger partial charge >= 0.3 is 0 Å². The first-order valence-electron chi connectivity index (χ1n) is 8.92. The van der Waals surface area contributed by atoms with E-state index in [1.807, 2.05) is 42.5 Å². The van der Waals surface area contributed by atoms with Crippen LogP contribution in [0.2, 0.25) is 0 Å². The van der Waals surface area contributed by atoms with Crippen LogP contribution in [0.5, 0.6) is 0 Å². The molecule has 2 amide bonds. The van der Waals surface area contributed by atoms with E-state index in [-0.39, 0.29) is 11.8 Å². The minimum atomic E-state index is -0.0229. The maximum atomic E-state index is 11.6. The van der Waals surface area contributed by atoms with Gasteiger partial charge in [0.15, 0.2) is 0 Å². The van der Waals surface area contributed by atoms with E-state index in [2.05, 4.69) is 32.2 Å². The number of hydrogen-bond acceptors (Lipinski definition) is 2. The van der Waals surface area contributed by atoms with Crippen LogP contribution in [0.3, 0.4) is 0 Å². The monoisotopic (exact) mass is 354 g/mol. The van der Waals surface area contributed by atoms with Crippen LogP contribution in [-0.2, 0) is 6.42 Å². The van der Waals surface area contributed by atoms with Crippen molar-refractivity contribution in [1.29, 1.82) is 0 Å². The molecule has 0 saturated carbocycles. The molecular formula is C22H30N2O2. The fourth-order valence-electron chi connectivity index (χ4n) is 2.37. The number of carbonyl (C=O) groups excluding carboxylic acids is 2. The van der Waals surface area contributed by atoms with Gasteiger partial charge in [0.05, 0.1) is 0 Å². The molecule has 1 N–H and O–H groups in total. The highest BCUT2D eigenvalue weighted by molar-refractivity contribution is 5.94. The van der Waals surface area contributed by atoms with Crippen molar-refractivity contribution < 1.29 is 9.59 Å². The van der Waals surface area contributed by atoms with E-state index in [9.17, 15) is 9.59 Å². The summed E-state index contributed by atoms with van der Waals surface area (Å²) in [4.78, 5) is 24.4. The summed E-state index contributed by atoms with van der Waals surface area (Å²) < 4.78 is 0. The fourth-order valence-corrected chi connectivity index (χ4v) is 2.37. The van der Waals surface area contributed by atoms with E-state index in [4.69, 9.17) is 0 Å². The number of amides is 2. The number of rotatable bonds is 4. The summed E-state index contributed by atoms with van der Waals surface area (Å²) in [6.45, 7) is 6.32. The highest BCUT2D eigenvalue weighted by Gasteiger charge is 2.08. The van der Waals surface area contributed by atoms with Gasteiger partial charge in [0.1, 0.15) is 0 Å². The number of hydrogen-bond donors (Lipinski definition) is 1. The molecule has 0 heterocycles. The normalized spacial score (nSPS) is 9.96. The van der Waals surface area contributed by atoms with Gasteiger partial charge in [-0.25, -0.2) is 0 Å². The summed E-state index contributed by atoms with van der Waals surface area (Å²) in [5.74, 6) is 0.503. The average molecular weight is 354 g/mol. The molecule has 0 atom stereocenters. The molecule has 4 nitrogen and oxygen atoms in total. The van der Waals surface area contributed by atoms with Gasteiger partial charge in [-0.1, -0.05) is 45.0 Å². The van der Waals surface area contributed by atoms with Gasteiger partial charge in [-0.05, 0) is 47.7 Å². The van der Waals surface area contributed by atoms with Crippen LogP contribution >= 0.6 is 0 Å². The van der Waals surface area contributed by atoms with Crippen molar-refractivity contribution in [2.24, 2.45) is 0 Å². The first-order valence-corrected chi connectivity index (χ1v) is 8.92. The van der Waals surface area contributed by atoms with E-state index < -0.39 is 0 Å². The van der Waals surface area contributed by atoms with Crippen molar-refractivity contribution in [3.8, 4) is 0 Å².